The molecule has 1 heterocycles. The van der Waals surface area contributed by atoms with Crippen LogP contribution in [0.1, 0.15) is 0 Å². The zero-order valence-corrected chi connectivity index (χ0v) is 8.84. The third-order valence-corrected chi connectivity index (χ3v) is 2.73. The molecule has 1 aromatic carbocycles. The van der Waals surface area contributed by atoms with Gasteiger partial charge in [-0.15, -0.1) is 0 Å². The topological polar surface area (TPSA) is 32.3 Å². The van der Waals surface area contributed by atoms with Gasteiger partial charge in [0.1, 0.15) is 5.82 Å². The third-order valence-electron chi connectivity index (χ3n) is 2.06. The van der Waals surface area contributed by atoms with Crippen LogP contribution in [0.4, 0.5) is 14.9 Å². The molecule has 0 unspecified atom stereocenters. The smallest absolute Gasteiger partial charge is 0.322 e. The molecular formula is C9H8BrFN2O. The fourth-order valence-electron chi connectivity index (χ4n) is 1.39. The first-order valence-electron chi connectivity index (χ1n) is 4.19. The van der Waals surface area contributed by atoms with E-state index in [0.717, 1.165) is 4.47 Å². The Labute approximate surface area is 89.0 Å². The predicted octanol–water partition coefficient (Wildman–Crippen LogP) is 2.12. The monoisotopic (exact) mass is 258 g/mol. The minimum atomic E-state index is -0.345. The molecule has 2 rings (SSSR count). The van der Waals surface area contributed by atoms with E-state index in [2.05, 4.69) is 21.2 Å². The molecule has 74 valence electrons. The fraction of sp³-hybridized carbons (Fsp3) is 0.222. The highest BCUT2D eigenvalue weighted by atomic mass is 79.9. The summed E-state index contributed by atoms with van der Waals surface area (Å²) in [6.45, 7) is 1.17. The zero-order chi connectivity index (χ0) is 10.1. The normalized spacial score (nSPS) is 15.9. The Hall–Kier alpha value is -1.10. The minimum Gasteiger partial charge on any atom is -0.336 e. The number of halogens is 2. The first-order chi connectivity index (χ1) is 6.68. The Morgan fingerprint density at radius 2 is 2.29 bits per heavy atom. The average molecular weight is 259 g/mol. The molecule has 1 aliphatic heterocycles. The highest BCUT2D eigenvalue weighted by Crippen LogP contribution is 2.27. The molecule has 0 spiro atoms. The maximum Gasteiger partial charge on any atom is 0.322 e. The van der Waals surface area contributed by atoms with E-state index < -0.39 is 0 Å². The van der Waals surface area contributed by atoms with Crippen molar-refractivity contribution in [3.63, 3.8) is 0 Å². The van der Waals surface area contributed by atoms with Crippen LogP contribution in [0.5, 0.6) is 0 Å². The third kappa shape index (κ3) is 1.59. The number of rotatable bonds is 1. The van der Waals surface area contributed by atoms with Gasteiger partial charge in [-0.25, -0.2) is 9.18 Å². The molecule has 1 saturated heterocycles. The van der Waals surface area contributed by atoms with Crippen molar-refractivity contribution >= 4 is 27.6 Å². The number of benzene rings is 1. The van der Waals surface area contributed by atoms with Crippen LogP contribution in [0.25, 0.3) is 0 Å². The molecule has 2 amide bonds. The number of hydrogen-bond donors (Lipinski definition) is 1. The van der Waals surface area contributed by atoms with Crippen molar-refractivity contribution in [3.8, 4) is 0 Å². The first kappa shape index (κ1) is 9.45. The number of nitrogens with zero attached hydrogens (tertiary/aromatic N) is 1. The number of anilines is 1. The van der Waals surface area contributed by atoms with Gasteiger partial charge in [0.2, 0.25) is 0 Å². The molecular weight excluding hydrogens is 251 g/mol. The van der Waals surface area contributed by atoms with E-state index in [1.807, 2.05) is 0 Å². The van der Waals surface area contributed by atoms with Crippen molar-refractivity contribution in [2.24, 2.45) is 0 Å². The molecule has 14 heavy (non-hydrogen) atoms. The molecule has 0 aromatic heterocycles. The number of urea groups is 1. The van der Waals surface area contributed by atoms with Crippen molar-refractivity contribution in [1.29, 1.82) is 0 Å². The number of carbonyl (C=O) groups excluding carboxylic acids is 1. The van der Waals surface area contributed by atoms with Crippen LogP contribution in [0, 0.1) is 5.82 Å². The van der Waals surface area contributed by atoms with Gasteiger partial charge in [0.05, 0.1) is 5.69 Å². The molecule has 5 heteroatoms. The Bertz CT molecular complexity index is 383. The maximum atomic E-state index is 12.9. The fourth-order valence-corrected chi connectivity index (χ4v) is 1.85. The summed E-state index contributed by atoms with van der Waals surface area (Å²) >= 11 is 3.28. The minimum absolute atomic E-state index is 0.184. The van der Waals surface area contributed by atoms with Gasteiger partial charge in [-0.1, -0.05) is 0 Å². The zero-order valence-electron chi connectivity index (χ0n) is 7.26. The molecule has 1 aromatic rings. The summed E-state index contributed by atoms with van der Waals surface area (Å²) in [7, 11) is 0. The van der Waals surface area contributed by atoms with E-state index in [9.17, 15) is 9.18 Å². The molecule has 0 atom stereocenters. The Balaban J connectivity index is 2.39. The van der Waals surface area contributed by atoms with Crippen molar-refractivity contribution in [2.75, 3.05) is 18.0 Å². The summed E-state index contributed by atoms with van der Waals surface area (Å²) in [4.78, 5) is 12.8. The second kappa shape index (κ2) is 3.57. The van der Waals surface area contributed by atoms with Crippen molar-refractivity contribution in [2.45, 2.75) is 0 Å². The van der Waals surface area contributed by atoms with Gasteiger partial charge in [0.15, 0.2) is 0 Å². The molecule has 0 radical (unpaired) electrons. The molecule has 0 saturated carbocycles. The summed E-state index contributed by atoms with van der Waals surface area (Å²) in [5.74, 6) is -0.345. The van der Waals surface area contributed by atoms with Crippen LogP contribution in [0.3, 0.4) is 0 Å². The second-order valence-corrected chi connectivity index (χ2v) is 3.83. The lowest BCUT2D eigenvalue weighted by Gasteiger charge is -2.15. The van der Waals surface area contributed by atoms with E-state index in [1.165, 1.54) is 17.0 Å². The summed E-state index contributed by atoms with van der Waals surface area (Å²) in [5.41, 5.74) is 0.569. The lowest BCUT2D eigenvalue weighted by Crippen LogP contribution is -2.28. The van der Waals surface area contributed by atoms with Gasteiger partial charge in [0, 0.05) is 17.6 Å². The Morgan fingerprint density at radius 3 is 2.93 bits per heavy atom. The second-order valence-electron chi connectivity index (χ2n) is 2.98. The first-order valence-corrected chi connectivity index (χ1v) is 4.98. The number of nitrogens with one attached hydrogen (secondary N) is 1. The number of carbonyl (C=O) groups is 1. The average Bonchev–Trinajstić information content (AvgIpc) is 2.56. The van der Waals surface area contributed by atoms with E-state index >= 15 is 0 Å². The van der Waals surface area contributed by atoms with Gasteiger partial charge >= 0.3 is 6.03 Å². The molecule has 3 nitrogen and oxygen atoms in total. The predicted molar refractivity (Wildman–Crippen MR) is 54.8 cm³/mol. The van der Waals surface area contributed by atoms with Crippen LogP contribution < -0.4 is 10.2 Å². The van der Waals surface area contributed by atoms with E-state index in [-0.39, 0.29) is 11.8 Å². The van der Waals surface area contributed by atoms with Gasteiger partial charge in [-0.3, -0.25) is 4.90 Å². The van der Waals surface area contributed by atoms with Crippen LogP contribution in [0.15, 0.2) is 22.7 Å². The van der Waals surface area contributed by atoms with Gasteiger partial charge in [-0.05, 0) is 34.1 Å². The van der Waals surface area contributed by atoms with Crippen LogP contribution in [-0.4, -0.2) is 19.1 Å². The van der Waals surface area contributed by atoms with Gasteiger partial charge in [-0.2, -0.15) is 0 Å². The molecule has 0 bridgehead atoms. The van der Waals surface area contributed by atoms with Crippen molar-refractivity contribution < 1.29 is 9.18 Å². The SMILES string of the molecule is O=C1NCCN1c1cc(F)ccc1Br. The van der Waals surface area contributed by atoms with Crippen molar-refractivity contribution in [3.05, 3.63) is 28.5 Å². The van der Waals surface area contributed by atoms with Gasteiger partial charge < -0.3 is 5.32 Å². The molecule has 1 N–H and O–H groups in total. The Morgan fingerprint density at radius 1 is 1.50 bits per heavy atom. The quantitative estimate of drug-likeness (QED) is 0.823. The summed E-state index contributed by atoms with van der Waals surface area (Å²) in [5, 5.41) is 2.66. The standard InChI is InChI=1S/C9H8BrFN2O/c10-7-2-1-6(11)5-8(7)13-4-3-12-9(13)14/h1-2,5H,3-4H2,(H,12,14). The number of hydrogen-bond acceptors (Lipinski definition) is 1. The highest BCUT2D eigenvalue weighted by molar-refractivity contribution is 9.10. The maximum absolute atomic E-state index is 12.9. The van der Waals surface area contributed by atoms with Gasteiger partial charge in [0.25, 0.3) is 0 Å². The van der Waals surface area contributed by atoms with E-state index in [0.29, 0.717) is 18.8 Å². The highest BCUT2D eigenvalue weighted by Gasteiger charge is 2.23. The largest absolute Gasteiger partial charge is 0.336 e. The van der Waals surface area contributed by atoms with Crippen LogP contribution in [0.2, 0.25) is 0 Å². The van der Waals surface area contributed by atoms with Crippen molar-refractivity contribution in [1.82, 2.24) is 5.32 Å². The summed E-state index contributed by atoms with van der Waals surface area (Å²) in [6.07, 6.45) is 0. The molecule has 0 aliphatic carbocycles. The lowest BCUT2D eigenvalue weighted by atomic mass is 10.3. The lowest BCUT2D eigenvalue weighted by molar-refractivity contribution is 0.252. The molecule has 1 aliphatic rings. The van der Waals surface area contributed by atoms with Crippen LogP contribution in [-0.2, 0) is 0 Å². The van der Waals surface area contributed by atoms with E-state index in [1.54, 1.807) is 6.07 Å². The Kier molecular flexibility index (Phi) is 2.41. The van der Waals surface area contributed by atoms with Crippen LogP contribution >= 0.6 is 15.9 Å². The molecule has 1 fully saturated rings. The summed E-state index contributed by atoms with van der Waals surface area (Å²) in [6, 6.07) is 4.10. The van der Waals surface area contributed by atoms with E-state index in [4.69, 9.17) is 0 Å². The number of amides is 2. The summed E-state index contributed by atoms with van der Waals surface area (Å²) < 4.78 is 13.7.